The van der Waals surface area contributed by atoms with Crippen LogP contribution >= 0.6 is 0 Å². The van der Waals surface area contributed by atoms with Crippen LogP contribution in [0.2, 0.25) is 0 Å². The van der Waals surface area contributed by atoms with Crippen LogP contribution in [-0.4, -0.2) is 6.04 Å². The molecule has 0 bridgehead atoms. The summed E-state index contributed by atoms with van der Waals surface area (Å²) in [4.78, 5) is 0. The predicted molar refractivity (Wildman–Crippen MR) is 63.5 cm³/mol. The van der Waals surface area contributed by atoms with Crippen molar-refractivity contribution in [1.29, 1.82) is 0 Å². The molecule has 1 nitrogen and oxygen atoms in total. The summed E-state index contributed by atoms with van der Waals surface area (Å²) in [6.07, 6.45) is 7.14. The van der Waals surface area contributed by atoms with Crippen molar-refractivity contribution in [2.24, 2.45) is 11.7 Å². The number of hydrogen-bond donors (Lipinski definition) is 1. The molecule has 0 aliphatic heterocycles. The molecule has 3 atom stereocenters. The van der Waals surface area contributed by atoms with Crippen molar-refractivity contribution in [3.8, 4) is 12.3 Å². The molecule has 1 heteroatoms. The van der Waals surface area contributed by atoms with Crippen molar-refractivity contribution in [3.63, 3.8) is 0 Å². The van der Waals surface area contributed by atoms with Gasteiger partial charge in [0.2, 0.25) is 0 Å². The summed E-state index contributed by atoms with van der Waals surface area (Å²) in [6, 6.07) is 8.69. The Bertz CT molecular complexity index is 389. The average molecular weight is 199 g/mol. The van der Waals surface area contributed by atoms with Crippen molar-refractivity contribution < 1.29 is 0 Å². The van der Waals surface area contributed by atoms with E-state index in [0.717, 1.165) is 6.42 Å². The van der Waals surface area contributed by atoms with Crippen molar-refractivity contribution in [1.82, 2.24) is 0 Å². The van der Waals surface area contributed by atoms with Gasteiger partial charge in [-0.15, -0.1) is 12.3 Å². The lowest BCUT2D eigenvalue weighted by Crippen LogP contribution is -2.30. The van der Waals surface area contributed by atoms with Crippen LogP contribution in [0.1, 0.15) is 30.4 Å². The molecule has 1 aromatic carbocycles. The van der Waals surface area contributed by atoms with E-state index in [9.17, 15) is 0 Å². The van der Waals surface area contributed by atoms with Crippen LogP contribution in [0, 0.1) is 18.3 Å². The van der Waals surface area contributed by atoms with Crippen LogP contribution in [0.25, 0.3) is 0 Å². The van der Waals surface area contributed by atoms with Crippen LogP contribution < -0.4 is 5.73 Å². The SMILES string of the molecule is C#CCC(N)[C@H]1c2ccccc2C[C@H]1C. The van der Waals surface area contributed by atoms with Crippen LogP contribution in [0.15, 0.2) is 24.3 Å². The summed E-state index contributed by atoms with van der Waals surface area (Å²) in [7, 11) is 0. The highest BCUT2D eigenvalue weighted by molar-refractivity contribution is 5.37. The first-order chi connectivity index (χ1) is 7.24. The van der Waals surface area contributed by atoms with Crippen LogP contribution in [0.3, 0.4) is 0 Å². The summed E-state index contributed by atoms with van der Waals surface area (Å²) < 4.78 is 0. The Hall–Kier alpha value is -1.26. The van der Waals surface area contributed by atoms with Gasteiger partial charge in [-0.25, -0.2) is 0 Å². The first-order valence-electron chi connectivity index (χ1n) is 5.51. The fourth-order valence-electron chi connectivity index (χ4n) is 2.74. The summed E-state index contributed by atoms with van der Waals surface area (Å²) in [5.41, 5.74) is 9.01. The molecule has 78 valence electrons. The highest BCUT2D eigenvalue weighted by Crippen LogP contribution is 2.39. The van der Waals surface area contributed by atoms with Gasteiger partial charge in [-0.1, -0.05) is 31.2 Å². The van der Waals surface area contributed by atoms with Crippen molar-refractivity contribution in [2.75, 3.05) is 0 Å². The van der Waals surface area contributed by atoms with Gasteiger partial charge in [0, 0.05) is 18.4 Å². The van der Waals surface area contributed by atoms with E-state index in [-0.39, 0.29) is 6.04 Å². The molecule has 1 unspecified atom stereocenters. The monoisotopic (exact) mass is 199 g/mol. The molecule has 0 radical (unpaired) electrons. The van der Waals surface area contributed by atoms with E-state index in [1.54, 1.807) is 0 Å². The Morgan fingerprint density at radius 3 is 3.00 bits per heavy atom. The lowest BCUT2D eigenvalue weighted by atomic mass is 9.86. The number of nitrogens with two attached hydrogens (primary N) is 1. The highest BCUT2D eigenvalue weighted by atomic mass is 14.7. The van der Waals surface area contributed by atoms with E-state index in [0.29, 0.717) is 18.3 Å². The second kappa shape index (κ2) is 4.08. The lowest BCUT2D eigenvalue weighted by molar-refractivity contribution is 0.425. The van der Waals surface area contributed by atoms with Gasteiger partial charge in [-0.2, -0.15) is 0 Å². The molecule has 2 rings (SSSR count). The second-order valence-corrected chi connectivity index (χ2v) is 4.48. The Balaban J connectivity index is 2.30. The smallest absolute Gasteiger partial charge is 0.0244 e. The van der Waals surface area contributed by atoms with E-state index >= 15 is 0 Å². The molecule has 0 fully saturated rings. The van der Waals surface area contributed by atoms with Crippen LogP contribution in [0.4, 0.5) is 0 Å². The lowest BCUT2D eigenvalue weighted by Gasteiger charge is -2.22. The summed E-state index contributed by atoms with van der Waals surface area (Å²) in [5, 5.41) is 0. The maximum absolute atomic E-state index is 6.15. The largest absolute Gasteiger partial charge is 0.326 e. The third-order valence-electron chi connectivity index (χ3n) is 3.38. The van der Waals surface area contributed by atoms with Gasteiger partial charge in [0.05, 0.1) is 0 Å². The molecule has 0 heterocycles. The zero-order chi connectivity index (χ0) is 10.8. The van der Waals surface area contributed by atoms with Gasteiger partial charge in [0.1, 0.15) is 0 Å². The molecule has 0 aromatic heterocycles. The molecular formula is C14H17N. The van der Waals surface area contributed by atoms with E-state index < -0.39 is 0 Å². The van der Waals surface area contributed by atoms with Gasteiger partial charge in [0.25, 0.3) is 0 Å². The first-order valence-corrected chi connectivity index (χ1v) is 5.51. The molecule has 15 heavy (non-hydrogen) atoms. The third-order valence-corrected chi connectivity index (χ3v) is 3.38. The summed E-state index contributed by atoms with van der Waals surface area (Å²) in [5.74, 6) is 3.73. The van der Waals surface area contributed by atoms with Gasteiger partial charge < -0.3 is 5.73 Å². The van der Waals surface area contributed by atoms with Gasteiger partial charge >= 0.3 is 0 Å². The zero-order valence-electron chi connectivity index (χ0n) is 9.11. The molecule has 0 spiro atoms. The van der Waals surface area contributed by atoms with E-state index in [2.05, 4.69) is 37.1 Å². The molecule has 0 saturated heterocycles. The Morgan fingerprint density at radius 1 is 1.53 bits per heavy atom. The number of hydrogen-bond acceptors (Lipinski definition) is 1. The summed E-state index contributed by atoms with van der Waals surface area (Å²) in [6.45, 7) is 2.26. The minimum absolute atomic E-state index is 0.105. The maximum Gasteiger partial charge on any atom is 0.0244 e. The molecule has 2 N–H and O–H groups in total. The Kier molecular flexibility index (Phi) is 2.79. The topological polar surface area (TPSA) is 26.0 Å². The molecule has 1 aliphatic carbocycles. The normalized spacial score (nSPS) is 25.7. The highest BCUT2D eigenvalue weighted by Gasteiger charge is 2.32. The number of rotatable bonds is 2. The zero-order valence-corrected chi connectivity index (χ0v) is 9.11. The van der Waals surface area contributed by atoms with Gasteiger partial charge in [-0.3, -0.25) is 0 Å². The molecule has 1 aliphatic rings. The fraction of sp³-hybridized carbons (Fsp3) is 0.429. The van der Waals surface area contributed by atoms with Crippen molar-refractivity contribution >= 4 is 0 Å². The standard InChI is InChI=1S/C14H17N/c1-3-6-13(15)14-10(2)9-11-7-4-5-8-12(11)14/h1,4-5,7-8,10,13-14H,6,9,15H2,2H3/t10-,13?,14-/m1/s1. The minimum atomic E-state index is 0.105. The third kappa shape index (κ3) is 1.78. The first kappa shape index (κ1) is 10.3. The molecule has 1 aromatic rings. The number of fused-ring (bicyclic) bond motifs is 1. The number of terminal acetylenes is 1. The van der Waals surface area contributed by atoms with E-state index in [1.165, 1.54) is 11.1 Å². The van der Waals surface area contributed by atoms with Gasteiger partial charge in [0.15, 0.2) is 0 Å². The average Bonchev–Trinajstić information content (AvgIpc) is 2.54. The quantitative estimate of drug-likeness (QED) is 0.727. The Labute approximate surface area is 91.7 Å². The van der Waals surface area contributed by atoms with E-state index in [4.69, 9.17) is 12.2 Å². The maximum atomic E-state index is 6.15. The second-order valence-electron chi connectivity index (χ2n) is 4.48. The molecule has 0 amide bonds. The molecule has 0 saturated carbocycles. The Morgan fingerprint density at radius 2 is 2.27 bits per heavy atom. The van der Waals surface area contributed by atoms with Crippen LogP contribution in [-0.2, 0) is 6.42 Å². The fourth-order valence-corrected chi connectivity index (χ4v) is 2.74. The van der Waals surface area contributed by atoms with E-state index in [1.807, 2.05) is 0 Å². The van der Waals surface area contributed by atoms with Crippen molar-refractivity contribution in [3.05, 3.63) is 35.4 Å². The van der Waals surface area contributed by atoms with Gasteiger partial charge in [-0.05, 0) is 23.5 Å². The van der Waals surface area contributed by atoms with Crippen LogP contribution in [0.5, 0.6) is 0 Å². The minimum Gasteiger partial charge on any atom is -0.326 e. The predicted octanol–water partition coefficient (Wildman–Crippen LogP) is 2.31. The number of benzene rings is 1. The van der Waals surface area contributed by atoms with Crippen molar-refractivity contribution in [2.45, 2.75) is 31.7 Å². The summed E-state index contributed by atoms with van der Waals surface area (Å²) >= 11 is 0. The molecular weight excluding hydrogens is 182 g/mol.